The van der Waals surface area contributed by atoms with Crippen LogP contribution in [0.3, 0.4) is 0 Å². The van der Waals surface area contributed by atoms with Gasteiger partial charge in [0, 0.05) is 17.6 Å². The Morgan fingerprint density at radius 3 is 2.39 bits per heavy atom. The second-order valence-electron chi connectivity index (χ2n) is 7.04. The fraction of sp³-hybridized carbons (Fsp3) is 0.381. The summed E-state index contributed by atoms with van der Waals surface area (Å²) in [5, 5.41) is 0. The Balaban J connectivity index is 1.45. The maximum Gasteiger partial charge on any atom is 0.237 e. The molecule has 0 aromatic heterocycles. The molecule has 3 rings (SSSR count). The van der Waals surface area contributed by atoms with Crippen LogP contribution in [0.2, 0.25) is 0 Å². The van der Waals surface area contributed by atoms with Gasteiger partial charge >= 0.3 is 0 Å². The van der Waals surface area contributed by atoms with E-state index >= 15 is 0 Å². The van der Waals surface area contributed by atoms with E-state index in [1.807, 2.05) is 36.4 Å². The molecule has 1 heterocycles. The summed E-state index contributed by atoms with van der Waals surface area (Å²) in [7, 11) is -3.50. The van der Waals surface area contributed by atoms with E-state index in [-0.39, 0.29) is 17.8 Å². The molecule has 0 spiro atoms. The molecule has 0 bridgehead atoms. The first-order chi connectivity index (χ1) is 13.4. The van der Waals surface area contributed by atoms with Crippen LogP contribution < -0.4 is 0 Å². The van der Waals surface area contributed by atoms with Crippen molar-refractivity contribution in [3.05, 3.63) is 70.2 Å². The average molecular weight is 466 g/mol. The molecule has 0 aliphatic carbocycles. The van der Waals surface area contributed by atoms with Crippen LogP contribution in [0.15, 0.2) is 59.1 Å². The van der Waals surface area contributed by atoms with Gasteiger partial charge in [0.15, 0.2) is 9.84 Å². The van der Waals surface area contributed by atoms with Crippen LogP contribution in [0.1, 0.15) is 24.0 Å². The second kappa shape index (κ2) is 9.67. The predicted octanol–water partition coefficient (Wildman–Crippen LogP) is 3.57. The molecule has 5 nitrogen and oxygen atoms in total. The molecule has 1 amide bonds. The second-order valence-corrected chi connectivity index (χ2v) is 10.0. The average Bonchev–Trinajstić information content (AvgIpc) is 2.67. The molecule has 1 fully saturated rings. The number of rotatable bonds is 7. The molecule has 7 heteroatoms. The number of benzene rings is 2. The number of carbonyl (C=O) groups excluding carboxylic acids is 1. The van der Waals surface area contributed by atoms with Gasteiger partial charge in [0.2, 0.25) is 5.91 Å². The van der Waals surface area contributed by atoms with Crippen LogP contribution in [0.25, 0.3) is 0 Å². The summed E-state index contributed by atoms with van der Waals surface area (Å²) < 4.78 is 31.6. The van der Waals surface area contributed by atoms with E-state index in [0.717, 1.165) is 22.9 Å². The molecule has 0 N–H and O–H groups in total. The molecular weight excluding hydrogens is 442 g/mol. The van der Waals surface area contributed by atoms with Gasteiger partial charge in [-0.3, -0.25) is 4.79 Å². The molecule has 1 saturated heterocycles. The van der Waals surface area contributed by atoms with Gasteiger partial charge in [-0.05, 0) is 36.1 Å². The van der Waals surface area contributed by atoms with Crippen molar-refractivity contribution < 1.29 is 17.9 Å². The SMILES string of the molecule is O=C(CS(=O)(=O)Cc1cccc(Br)c1)N1CCC(OCc2ccccc2)CC1. The zero-order valence-electron chi connectivity index (χ0n) is 15.6. The number of hydrogen-bond acceptors (Lipinski definition) is 4. The number of ether oxygens (including phenoxy) is 1. The number of amides is 1. The zero-order chi connectivity index (χ0) is 20.0. The minimum atomic E-state index is -3.50. The summed E-state index contributed by atoms with van der Waals surface area (Å²) in [5.74, 6) is -0.902. The third kappa shape index (κ3) is 6.43. The summed E-state index contributed by atoms with van der Waals surface area (Å²) >= 11 is 3.33. The number of piperidine rings is 1. The molecular formula is C21H24BrNO4S. The van der Waals surface area contributed by atoms with Crippen LogP contribution in [0, 0.1) is 0 Å². The zero-order valence-corrected chi connectivity index (χ0v) is 18.0. The van der Waals surface area contributed by atoms with E-state index in [2.05, 4.69) is 15.9 Å². The molecule has 0 radical (unpaired) electrons. The lowest BCUT2D eigenvalue weighted by Crippen LogP contribution is -2.43. The van der Waals surface area contributed by atoms with Crippen molar-refractivity contribution in [3.63, 3.8) is 0 Å². The Morgan fingerprint density at radius 1 is 1.04 bits per heavy atom. The maximum atomic E-state index is 12.5. The molecule has 0 saturated carbocycles. The molecule has 1 aliphatic rings. The van der Waals surface area contributed by atoms with E-state index in [1.165, 1.54) is 0 Å². The van der Waals surface area contributed by atoms with Gasteiger partial charge in [-0.2, -0.15) is 0 Å². The Kier molecular flexibility index (Phi) is 7.26. The van der Waals surface area contributed by atoms with E-state index < -0.39 is 15.6 Å². The highest BCUT2D eigenvalue weighted by atomic mass is 79.9. The van der Waals surface area contributed by atoms with Crippen molar-refractivity contribution in [2.24, 2.45) is 0 Å². The third-order valence-electron chi connectivity index (χ3n) is 4.74. The minimum Gasteiger partial charge on any atom is -0.373 e. The number of halogens is 1. The molecule has 28 heavy (non-hydrogen) atoms. The van der Waals surface area contributed by atoms with Gasteiger partial charge in [-0.25, -0.2) is 8.42 Å². The van der Waals surface area contributed by atoms with Gasteiger partial charge in [-0.15, -0.1) is 0 Å². The minimum absolute atomic E-state index is 0.0996. The highest BCUT2D eigenvalue weighted by molar-refractivity contribution is 9.10. The van der Waals surface area contributed by atoms with E-state index in [1.54, 1.807) is 23.1 Å². The molecule has 0 unspecified atom stereocenters. The van der Waals surface area contributed by atoms with Crippen molar-refractivity contribution in [1.29, 1.82) is 0 Å². The first-order valence-electron chi connectivity index (χ1n) is 9.29. The van der Waals surface area contributed by atoms with Crippen molar-refractivity contribution in [1.82, 2.24) is 4.90 Å². The van der Waals surface area contributed by atoms with Crippen LogP contribution in [-0.2, 0) is 31.7 Å². The monoisotopic (exact) mass is 465 g/mol. The molecule has 2 aromatic rings. The molecule has 2 aromatic carbocycles. The van der Waals surface area contributed by atoms with Gasteiger partial charge in [-0.1, -0.05) is 58.4 Å². The van der Waals surface area contributed by atoms with E-state index in [9.17, 15) is 13.2 Å². The molecule has 1 aliphatic heterocycles. The number of carbonyl (C=O) groups is 1. The highest BCUT2D eigenvalue weighted by Gasteiger charge is 2.26. The van der Waals surface area contributed by atoms with Crippen molar-refractivity contribution >= 4 is 31.7 Å². The summed E-state index contributed by atoms with van der Waals surface area (Å²) in [6.45, 7) is 1.62. The Labute approximate surface area is 174 Å². The fourth-order valence-corrected chi connectivity index (χ4v) is 5.07. The fourth-order valence-electron chi connectivity index (χ4n) is 3.27. The normalized spacial score (nSPS) is 15.5. The lowest BCUT2D eigenvalue weighted by Gasteiger charge is -2.32. The van der Waals surface area contributed by atoms with Gasteiger partial charge in [0.25, 0.3) is 0 Å². The number of hydrogen-bond donors (Lipinski definition) is 0. The molecule has 150 valence electrons. The quantitative estimate of drug-likeness (QED) is 0.626. The Morgan fingerprint density at radius 2 is 1.71 bits per heavy atom. The van der Waals surface area contributed by atoms with Gasteiger partial charge in [0.05, 0.1) is 18.5 Å². The van der Waals surface area contributed by atoms with Crippen LogP contribution in [0.4, 0.5) is 0 Å². The lowest BCUT2D eigenvalue weighted by molar-refractivity contribution is -0.131. The summed E-state index contributed by atoms with van der Waals surface area (Å²) in [5.41, 5.74) is 1.80. The van der Waals surface area contributed by atoms with E-state index in [0.29, 0.717) is 25.3 Å². The smallest absolute Gasteiger partial charge is 0.237 e. The van der Waals surface area contributed by atoms with Crippen molar-refractivity contribution in [3.8, 4) is 0 Å². The van der Waals surface area contributed by atoms with Crippen LogP contribution in [-0.4, -0.2) is 44.2 Å². The van der Waals surface area contributed by atoms with Crippen molar-refractivity contribution in [2.45, 2.75) is 31.3 Å². The summed E-state index contributed by atoms with van der Waals surface area (Å²) in [6, 6.07) is 17.1. The topological polar surface area (TPSA) is 63.7 Å². The standard InChI is InChI=1S/C21H24BrNO4S/c22-19-8-4-7-18(13-19)15-28(25,26)16-21(24)23-11-9-20(10-12-23)27-14-17-5-2-1-3-6-17/h1-8,13,20H,9-12,14-16H2. The Bertz CT molecular complexity index is 894. The number of nitrogens with zero attached hydrogens (tertiary/aromatic N) is 1. The molecule has 0 atom stereocenters. The highest BCUT2D eigenvalue weighted by Crippen LogP contribution is 2.18. The first-order valence-corrected chi connectivity index (χ1v) is 11.9. The van der Waals surface area contributed by atoms with Crippen LogP contribution >= 0.6 is 15.9 Å². The number of likely N-dealkylation sites (tertiary alicyclic amines) is 1. The summed E-state index contributed by atoms with van der Waals surface area (Å²) in [6.07, 6.45) is 1.55. The summed E-state index contributed by atoms with van der Waals surface area (Å²) in [4.78, 5) is 14.1. The lowest BCUT2D eigenvalue weighted by atomic mass is 10.1. The maximum absolute atomic E-state index is 12.5. The van der Waals surface area contributed by atoms with E-state index in [4.69, 9.17) is 4.74 Å². The van der Waals surface area contributed by atoms with Crippen LogP contribution in [0.5, 0.6) is 0 Å². The van der Waals surface area contributed by atoms with Crippen molar-refractivity contribution in [2.75, 3.05) is 18.8 Å². The number of sulfone groups is 1. The van der Waals surface area contributed by atoms with Gasteiger partial charge in [0.1, 0.15) is 5.75 Å². The predicted molar refractivity (Wildman–Crippen MR) is 112 cm³/mol. The largest absolute Gasteiger partial charge is 0.373 e. The first kappa shape index (κ1) is 21.0. The van der Waals surface area contributed by atoms with Gasteiger partial charge < -0.3 is 9.64 Å². The Hall–Kier alpha value is -1.70. The third-order valence-corrected chi connectivity index (χ3v) is 6.70.